The van der Waals surface area contributed by atoms with Crippen LogP contribution in [-0.4, -0.2) is 39.0 Å². The summed E-state index contributed by atoms with van der Waals surface area (Å²) in [7, 11) is 0. The van der Waals surface area contributed by atoms with Crippen LogP contribution in [0.25, 0.3) is 0 Å². The molecular formula is C8H16O2S2. The van der Waals surface area contributed by atoms with Gasteiger partial charge in [0.1, 0.15) is 0 Å². The molecule has 1 rings (SSSR count). The predicted octanol–water partition coefficient (Wildman–Crippen LogP) is 1.32. The lowest BCUT2D eigenvalue weighted by Gasteiger charge is -2.22. The van der Waals surface area contributed by atoms with E-state index >= 15 is 0 Å². The van der Waals surface area contributed by atoms with Crippen LogP contribution in [0.2, 0.25) is 0 Å². The van der Waals surface area contributed by atoms with Crippen molar-refractivity contribution in [3.63, 3.8) is 0 Å². The lowest BCUT2D eigenvalue weighted by atomic mass is 10.2. The Hall–Kier alpha value is 0.620. The van der Waals surface area contributed by atoms with Gasteiger partial charge in [-0.15, -0.1) is 23.5 Å². The maximum absolute atomic E-state index is 9.41. The third-order valence-corrected chi connectivity index (χ3v) is 4.82. The van der Waals surface area contributed by atoms with E-state index in [9.17, 15) is 5.11 Å². The van der Waals surface area contributed by atoms with Crippen LogP contribution in [0.5, 0.6) is 0 Å². The van der Waals surface area contributed by atoms with Crippen LogP contribution in [-0.2, 0) is 0 Å². The van der Waals surface area contributed by atoms with Crippen LogP contribution in [0.4, 0.5) is 0 Å². The number of hydrogen-bond acceptors (Lipinski definition) is 4. The molecule has 0 bridgehead atoms. The van der Waals surface area contributed by atoms with Crippen molar-refractivity contribution in [2.75, 3.05) is 18.1 Å². The van der Waals surface area contributed by atoms with Crippen LogP contribution < -0.4 is 0 Å². The fraction of sp³-hybridized carbons (Fsp3) is 1.00. The molecule has 0 aromatic rings. The topological polar surface area (TPSA) is 40.5 Å². The van der Waals surface area contributed by atoms with Crippen LogP contribution in [0.15, 0.2) is 0 Å². The van der Waals surface area contributed by atoms with Crippen molar-refractivity contribution in [1.82, 2.24) is 0 Å². The van der Waals surface area contributed by atoms with Gasteiger partial charge in [-0.3, -0.25) is 0 Å². The molecule has 0 aromatic heterocycles. The molecule has 0 amide bonds. The molecule has 0 aliphatic carbocycles. The maximum Gasteiger partial charge on any atom is 0.0580 e. The third kappa shape index (κ3) is 4.03. The van der Waals surface area contributed by atoms with Crippen molar-refractivity contribution in [2.45, 2.75) is 29.9 Å². The minimum Gasteiger partial charge on any atom is -0.396 e. The summed E-state index contributed by atoms with van der Waals surface area (Å²) < 4.78 is 0.556. The highest BCUT2D eigenvalue weighted by Crippen LogP contribution is 2.33. The molecule has 0 spiro atoms. The van der Waals surface area contributed by atoms with Crippen molar-refractivity contribution in [3.8, 4) is 0 Å². The first-order valence-corrected chi connectivity index (χ1v) is 6.45. The van der Waals surface area contributed by atoms with Gasteiger partial charge >= 0.3 is 0 Å². The van der Waals surface area contributed by atoms with Gasteiger partial charge in [0.05, 0.1) is 10.7 Å². The Kier molecular flexibility index (Phi) is 5.47. The minimum atomic E-state index is -0.307. The molecule has 1 aliphatic rings. The molecule has 0 aromatic carbocycles. The molecule has 2 N–H and O–H groups in total. The van der Waals surface area contributed by atoms with Gasteiger partial charge in [-0.05, 0) is 30.8 Å². The number of thioether (sulfide) groups is 2. The first kappa shape index (κ1) is 10.7. The highest BCUT2D eigenvalue weighted by Gasteiger charge is 2.17. The van der Waals surface area contributed by atoms with E-state index in [0.717, 1.165) is 6.42 Å². The van der Waals surface area contributed by atoms with Gasteiger partial charge in [0.2, 0.25) is 0 Å². The zero-order valence-electron chi connectivity index (χ0n) is 7.11. The van der Waals surface area contributed by atoms with Crippen molar-refractivity contribution >= 4 is 23.5 Å². The van der Waals surface area contributed by atoms with E-state index in [1.165, 1.54) is 17.9 Å². The Morgan fingerprint density at radius 1 is 1.33 bits per heavy atom. The molecule has 12 heavy (non-hydrogen) atoms. The first-order valence-electron chi connectivity index (χ1n) is 4.35. The third-order valence-electron chi connectivity index (χ3n) is 1.82. The molecule has 0 saturated carbocycles. The molecule has 1 heterocycles. The second-order valence-corrected chi connectivity index (χ2v) is 5.85. The van der Waals surface area contributed by atoms with Crippen LogP contribution in [0.1, 0.15) is 19.3 Å². The monoisotopic (exact) mass is 208 g/mol. The lowest BCUT2D eigenvalue weighted by molar-refractivity contribution is 0.129. The number of aliphatic hydroxyl groups is 2. The zero-order valence-corrected chi connectivity index (χ0v) is 8.74. The smallest absolute Gasteiger partial charge is 0.0580 e. The molecule has 72 valence electrons. The largest absolute Gasteiger partial charge is 0.396 e. The van der Waals surface area contributed by atoms with E-state index in [2.05, 4.69) is 0 Å². The van der Waals surface area contributed by atoms with Crippen molar-refractivity contribution in [1.29, 1.82) is 0 Å². The van der Waals surface area contributed by atoms with E-state index in [-0.39, 0.29) is 12.7 Å². The summed E-state index contributed by atoms with van der Waals surface area (Å²) in [6.07, 6.45) is 2.34. The molecule has 1 atom stereocenters. The van der Waals surface area contributed by atoms with Crippen molar-refractivity contribution in [2.24, 2.45) is 0 Å². The second-order valence-electron chi connectivity index (χ2n) is 2.93. The molecule has 1 saturated heterocycles. The Morgan fingerprint density at radius 2 is 2.00 bits per heavy atom. The van der Waals surface area contributed by atoms with Crippen LogP contribution in [0.3, 0.4) is 0 Å². The molecule has 1 unspecified atom stereocenters. The summed E-state index contributed by atoms with van der Waals surface area (Å²) in [5.41, 5.74) is 0. The van der Waals surface area contributed by atoms with E-state index in [0.29, 0.717) is 11.0 Å². The fourth-order valence-corrected chi connectivity index (χ4v) is 4.17. The standard InChI is InChI=1S/C8H16O2S2/c9-3-2-7(10)6-8-11-4-1-5-12-8/h7-10H,1-6H2. The first-order chi connectivity index (χ1) is 5.83. The summed E-state index contributed by atoms with van der Waals surface area (Å²) in [6.45, 7) is 0.100. The summed E-state index contributed by atoms with van der Waals surface area (Å²) in [6, 6.07) is 0. The molecule has 1 fully saturated rings. The van der Waals surface area contributed by atoms with E-state index in [1.807, 2.05) is 23.5 Å². The van der Waals surface area contributed by atoms with E-state index in [1.54, 1.807) is 0 Å². The number of hydrogen-bond donors (Lipinski definition) is 2. The molecule has 4 heteroatoms. The SMILES string of the molecule is OCCC(O)CC1SCCCS1. The summed E-state index contributed by atoms with van der Waals surface area (Å²) in [5, 5.41) is 18.0. The van der Waals surface area contributed by atoms with E-state index in [4.69, 9.17) is 5.11 Å². The van der Waals surface area contributed by atoms with Crippen molar-refractivity contribution in [3.05, 3.63) is 0 Å². The Bertz CT molecular complexity index is 116. The average Bonchev–Trinajstić information content (AvgIpc) is 2.06. The van der Waals surface area contributed by atoms with Crippen LogP contribution >= 0.6 is 23.5 Å². The van der Waals surface area contributed by atoms with Gasteiger partial charge < -0.3 is 10.2 Å². The lowest BCUT2D eigenvalue weighted by Crippen LogP contribution is -2.17. The van der Waals surface area contributed by atoms with Gasteiger partial charge in [0, 0.05) is 6.61 Å². The zero-order chi connectivity index (χ0) is 8.81. The van der Waals surface area contributed by atoms with Gasteiger partial charge in [-0.2, -0.15) is 0 Å². The Balaban J connectivity index is 2.11. The quantitative estimate of drug-likeness (QED) is 0.731. The highest BCUT2D eigenvalue weighted by atomic mass is 32.2. The summed E-state index contributed by atoms with van der Waals surface area (Å²) >= 11 is 3.88. The number of aliphatic hydroxyl groups excluding tert-OH is 2. The minimum absolute atomic E-state index is 0.100. The summed E-state index contributed by atoms with van der Waals surface area (Å²) in [4.78, 5) is 0. The summed E-state index contributed by atoms with van der Waals surface area (Å²) in [5.74, 6) is 2.45. The predicted molar refractivity (Wildman–Crippen MR) is 55.6 cm³/mol. The normalized spacial score (nSPS) is 22.5. The fourth-order valence-electron chi connectivity index (χ4n) is 1.16. The van der Waals surface area contributed by atoms with Crippen molar-refractivity contribution < 1.29 is 10.2 Å². The Labute approximate surface area is 82.1 Å². The van der Waals surface area contributed by atoms with Gasteiger partial charge in [-0.1, -0.05) is 0 Å². The van der Waals surface area contributed by atoms with Crippen LogP contribution in [0, 0.1) is 0 Å². The molecular weight excluding hydrogens is 192 g/mol. The Morgan fingerprint density at radius 3 is 2.58 bits per heavy atom. The highest BCUT2D eigenvalue weighted by molar-refractivity contribution is 8.17. The van der Waals surface area contributed by atoms with Gasteiger partial charge in [0.25, 0.3) is 0 Å². The second kappa shape index (κ2) is 6.13. The molecule has 2 nitrogen and oxygen atoms in total. The van der Waals surface area contributed by atoms with Gasteiger partial charge in [-0.25, -0.2) is 0 Å². The van der Waals surface area contributed by atoms with E-state index < -0.39 is 0 Å². The number of rotatable bonds is 4. The average molecular weight is 208 g/mol. The molecule has 1 aliphatic heterocycles. The molecule has 0 radical (unpaired) electrons. The maximum atomic E-state index is 9.41. The van der Waals surface area contributed by atoms with Gasteiger partial charge in [0.15, 0.2) is 0 Å².